The molecule has 1 rings (SSSR count). The third-order valence-electron chi connectivity index (χ3n) is 2.32. The number of nitrogens with two attached hydrogens (primary N) is 1. The molecule has 84 valence electrons. The molecule has 0 saturated carbocycles. The van der Waals surface area contributed by atoms with E-state index < -0.39 is 0 Å². The SMILES string of the molecule is Cc1cc(CN)cc(C)c1OCC(C)C. The van der Waals surface area contributed by atoms with Crippen molar-refractivity contribution in [2.45, 2.75) is 34.2 Å². The van der Waals surface area contributed by atoms with Crippen LogP contribution in [0.1, 0.15) is 30.5 Å². The standard InChI is InChI=1S/C13H21NO/c1-9(2)8-15-13-10(3)5-12(7-14)6-11(13)4/h5-6,9H,7-8,14H2,1-4H3. The topological polar surface area (TPSA) is 35.2 Å². The molecular formula is C13H21NO. The molecule has 0 unspecified atom stereocenters. The Labute approximate surface area is 92.4 Å². The van der Waals surface area contributed by atoms with E-state index in [1.807, 2.05) is 0 Å². The lowest BCUT2D eigenvalue weighted by atomic mass is 10.1. The van der Waals surface area contributed by atoms with Gasteiger partial charge in [-0.05, 0) is 36.5 Å². The van der Waals surface area contributed by atoms with E-state index in [4.69, 9.17) is 10.5 Å². The van der Waals surface area contributed by atoms with Crippen molar-refractivity contribution in [3.05, 3.63) is 28.8 Å². The number of rotatable bonds is 4. The van der Waals surface area contributed by atoms with Gasteiger partial charge in [-0.3, -0.25) is 0 Å². The average molecular weight is 207 g/mol. The van der Waals surface area contributed by atoms with Crippen LogP contribution in [0.2, 0.25) is 0 Å². The smallest absolute Gasteiger partial charge is 0.125 e. The predicted octanol–water partition coefficient (Wildman–Crippen LogP) is 2.80. The molecule has 0 atom stereocenters. The molecule has 0 saturated heterocycles. The van der Waals surface area contributed by atoms with Gasteiger partial charge in [-0.15, -0.1) is 0 Å². The first-order valence-electron chi connectivity index (χ1n) is 5.47. The largest absolute Gasteiger partial charge is 0.493 e. The first-order chi connectivity index (χ1) is 7.04. The van der Waals surface area contributed by atoms with Gasteiger partial charge in [0.1, 0.15) is 5.75 Å². The molecule has 2 N–H and O–H groups in total. The summed E-state index contributed by atoms with van der Waals surface area (Å²) in [6.07, 6.45) is 0. The highest BCUT2D eigenvalue weighted by atomic mass is 16.5. The van der Waals surface area contributed by atoms with Crippen LogP contribution in [0.5, 0.6) is 5.75 Å². The van der Waals surface area contributed by atoms with Crippen LogP contribution >= 0.6 is 0 Å². The Bertz CT molecular complexity index is 308. The maximum atomic E-state index is 5.79. The Hall–Kier alpha value is -1.02. The van der Waals surface area contributed by atoms with Gasteiger partial charge in [-0.25, -0.2) is 0 Å². The van der Waals surface area contributed by atoms with Crippen LogP contribution in [-0.2, 0) is 6.54 Å². The molecule has 0 aromatic heterocycles. The fourth-order valence-corrected chi connectivity index (χ4v) is 1.64. The van der Waals surface area contributed by atoms with Gasteiger partial charge in [0.2, 0.25) is 0 Å². The van der Waals surface area contributed by atoms with Crippen molar-refractivity contribution < 1.29 is 4.74 Å². The van der Waals surface area contributed by atoms with Crippen molar-refractivity contribution in [1.82, 2.24) is 0 Å². The number of hydrogen-bond acceptors (Lipinski definition) is 2. The molecule has 2 nitrogen and oxygen atoms in total. The lowest BCUT2D eigenvalue weighted by Crippen LogP contribution is -2.07. The highest BCUT2D eigenvalue weighted by Crippen LogP contribution is 2.25. The molecular weight excluding hydrogens is 186 g/mol. The molecule has 0 aliphatic carbocycles. The summed E-state index contributed by atoms with van der Waals surface area (Å²) in [5, 5.41) is 0. The summed E-state index contributed by atoms with van der Waals surface area (Å²) in [7, 11) is 0. The van der Waals surface area contributed by atoms with Gasteiger partial charge in [-0.2, -0.15) is 0 Å². The van der Waals surface area contributed by atoms with E-state index >= 15 is 0 Å². The van der Waals surface area contributed by atoms with Crippen molar-refractivity contribution in [3.63, 3.8) is 0 Å². The summed E-state index contributed by atoms with van der Waals surface area (Å²) in [6, 6.07) is 4.20. The quantitative estimate of drug-likeness (QED) is 0.824. The zero-order valence-corrected chi connectivity index (χ0v) is 10.1. The van der Waals surface area contributed by atoms with Crippen LogP contribution in [0, 0.1) is 19.8 Å². The minimum Gasteiger partial charge on any atom is -0.493 e. The second-order valence-corrected chi connectivity index (χ2v) is 4.47. The Balaban J connectivity index is 2.88. The molecule has 2 heteroatoms. The molecule has 0 aliphatic heterocycles. The lowest BCUT2D eigenvalue weighted by molar-refractivity contribution is 0.267. The number of benzene rings is 1. The lowest BCUT2D eigenvalue weighted by Gasteiger charge is -2.15. The van der Waals surface area contributed by atoms with Gasteiger partial charge in [0.05, 0.1) is 6.61 Å². The second kappa shape index (κ2) is 5.17. The Morgan fingerprint density at radius 1 is 1.20 bits per heavy atom. The van der Waals surface area contributed by atoms with Crippen molar-refractivity contribution >= 4 is 0 Å². The van der Waals surface area contributed by atoms with E-state index in [9.17, 15) is 0 Å². The summed E-state index contributed by atoms with van der Waals surface area (Å²) in [4.78, 5) is 0. The summed E-state index contributed by atoms with van der Waals surface area (Å²) < 4.78 is 5.79. The zero-order valence-electron chi connectivity index (χ0n) is 10.1. The molecule has 0 bridgehead atoms. The van der Waals surface area contributed by atoms with Gasteiger partial charge in [0.15, 0.2) is 0 Å². The Morgan fingerprint density at radius 3 is 2.13 bits per heavy atom. The van der Waals surface area contributed by atoms with Crippen LogP contribution < -0.4 is 10.5 Å². The van der Waals surface area contributed by atoms with Gasteiger partial charge in [0, 0.05) is 6.54 Å². The molecule has 0 fully saturated rings. The van der Waals surface area contributed by atoms with Crippen LogP contribution in [0.25, 0.3) is 0 Å². The minimum atomic E-state index is 0.554. The fraction of sp³-hybridized carbons (Fsp3) is 0.538. The van der Waals surface area contributed by atoms with E-state index in [0.29, 0.717) is 12.5 Å². The number of ether oxygens (including phenoxy) is 1. The third kappa shape index (κ3) is 3.24. The maximum absolute atomic E-state index is 5.79. The van der Waals surface area contributed by atoms with E-state index in [1.54, 1.807) is 0 Å². The van der Waals surface area contributed by atoms with Crippen molar-refractivity contribution in [2.24, 2.45) is 11.7 Å². The maximum Gasteiger partial charge on any atom is 0.125 e. The van der Waals surface area contributed by atoms with Crippen LogP contribution in [0.4, 0.5) is 0 Å². The van der Waals surface area contributed by atoms with E-state index in [2.05, 4.69) is 39.8 Å². The molecule has 1 aromatic carbocycles. The highest BCUT2D eigenvalue weighted by molar-refractivity contribution is 5.43. The molecule has 0 heterocycles. The van der Waals surface area contributed by atoms with E-state index in [-0.39, 0.29) is 0 Å². The van der Waals surface area contributed by atoms with Gasteiger partial charge in [0.25, 0.3) is 0 Å². The molecule has 0 radical (unpaired) electrons. The predicted molar refractivity (Wildman–Crippen MR) is 64.1 cm³/mol. The van der Waals surface area contributed by atoms with Crippen LogP contribution in [-0.4, -0.2) is 6.61 Å². The van der Waals surface area contributed by atoms with Gasteiger partial charge in [-0.1, -0.05) is 26.0 Å². The molecule has 1 aromatic rings. The monoisotopic (exact) mass is 207 g/mol. The van der Waals surface area contributed by atoms with E-state index in [0.717, 1.165) is 12.4 Å². The van der Waals surface area contributed by atoms with Crippen LogP contribution in [0.3, 0.4) is 0 Å². The summed E-state index contributed by atoms with van der Waals surface area (Å²) >= 11 is 0. The van der Waals surface area contributed by atoms with Crippen molar-refractivity contribution in [2.75, 3.05) is 6.61 Å². The minimum absolute atomic E-state index is 0.554. The van der Waals surface area contributed by atoms with Crippen LogP contribution in [0.15, 0.2) is 12.1 Å². The first kappa shape index (κ1) is 12.1. The second-order valence-electron chi connectivity index (χ2n) is 4.47. The number of hydrogen-bond donors (Lipinski definition) is 1. The van der Waals surface area contributed by atoms with Crippen molar-refractivity contribution in [3.8, 4) is 5.75 Å². The van der Waals surface area contributed by atoms with Crippen molar-refractivity contribution in [1.29, 1.82) is 0 Å². The average Bonchev–Trinajstić information content (AvgIpc) is 2.15. The zero-order chi connectivity index (χ0) is 11.4. The van der Waals surface area contributed by atoms with Gasteiger partial charge >= 0.3 is 0 Å². The van der Waals surface area contributed by atoms with E-state index in [1.165, 1.54) is 16.7 Å². The molecule has 0 aliphatic rings. The molecule has 0 spiro atoms. The van der Waals surface area contributed by atoms with Gasteiger partial charge < -0.3 is 10.5 Å². The normalized spacial score (nSPS) is 10.8. The number of aryl methyl sites for hydroxylation is 2. The Morgan fingerprint density at radius 2 is 1.73 bits per heavy atom. The Kier molecular flexibility index (Phi) is 4.15. The molecule has 0 amide bonds. The summed E-state index contributed by atoms with van der Waals surface area (Å²) in [5.41, 5.74) is 9.14. The molecule has 15 heavy (non-hydrogen) atoms. The third-order valence-corrected chi connectivity index (χ3v) is 2.32. The summed E-state index contributed by atoms with van der Waals surface area (Å²) in [5.74, 6) is 1.57. The highest BCUT2D eigenvalue weighted by Gasteiger charge is 2.06. The first-order valence-corrected chi connectivity index (χ1v) is 5.47. The fourth-order valence-electron chi connectivity index (χ4n) is 1.64. The summed E-state index contributed by atoms with van der Waals surface area (Å²) in [6.45, 7) is 9.80.